The maximum atomic E-state index is 14.0. The summed E-state index contributed by atoms with van der Waals surface area (Å²) < 4.78 is 32.6. The number of aryl methyl sites for hydroxylation is 2. The van der Waals surface area contributed by atoms with E-state index in [1.807, 2.05) is 0 Å². The van der Waals surface area contributed by atoms with Crippen molar-refractivity contribution < 1.29 is 13.5 Å². The highest BCUT2D eigenvalue weighted by atomic mass is 35.5. The number of hydrogen-bond donors (Lipinski definition) is 0. The van der Waals surface area contributed by atoms with Crippen LogP contribution in [0, 0.1) is 25.5 Å². The Kier molecular flexibility index (Phi) is 4.29. The molecule has 0 amide bonds. The number of methoxy groups -OCH3 is 1. The van der Waals surface area contributed by atoms with Gasteiger partial charge in [-0.1, -0.05) is 18.2 Å². The van der Waals surface area contributed by atoms with Crippen LogP contribution in [-0.2, 0) is 0 Å². The summed E-state index contributed by atoms with van der Waals surface area (Å²) in [7, 11) is 1.47. The standard InChI is InChI=1S/C16H15ClF2O/c1-9-6-11(7-10(2)16(9)19)15(17)13-5-4-12(20-3)8-14(13)18/h4-8,15H,1-3H3. The Morgan fingerprint density at radius 1 is 1.05 bits per heavy atom. The van der Waals surface area contributed by atoms with Gasteiger partial charge in [-0.2, -0.15) is 0 Å². The first-order chi connectivity index (χ1) is 9.43. The third kappa shape index (κ3) is 2.78. The first-order valence-electron chi connectivity index (χ1n) is 6.18. The summed E-state index contributed by atoms with van der Waals surface area (Å²) in [6, 6.07) is 7.80. The van der Waals surface area contributed by atoms with E-state index >= 15 is 0 Å². The fraction of sp³-hybridized carbons (Fsp3) is 0.250. The molecule has 1 nitrogen and oxygen atoms in total. The fourth-order valence-electron chi connectivity index (χ4n) is 2.15. The predicted octanol–water partition coefficient (Wildman–Crippen LogP) is 4.92. The lowest BCUT2D eigenvalue weighted by atomic mass is 9.99. The van der Waals surface area contributed by atoms with Gasteiger partial charge in [-0.25, -0.2) is 8.78 Å². The summed E-state index contributed by atoms with van der Waals surface area (Å²) in [4.78, 5) is 0. The van der Waals surface area contributed by atoms with Crippen molar-refractivity contribution in [1.82, 2.24) is 0 Å². The van der Waals surface area contributed by atoms with Crippen LogP contribution in [0.4, 0.5) is 8.78 Å². The zero-order valence-corrected chi connectivity index (χ0v) is 12.3. The van der Waals surface area contributed by atoms with Crippen molar-refractivity contribution in [3.05, 3.63) is 64.2 Å². The van der Waals surface area contributed by atoms with Gasteiger partial charge in [0.1, 0.15) is 17.4 Å². The van der Waals surface area contributed by atoms with Crippen LogP contribution < -0.4 is 4.74 Å². The van der Waals surface area contributed by atoms with Gasteiger partial charge in [0.05, 0.1) is 12.5 Å². The molecule has 4 heteroatoms. The van der Waals surface area contributed by atoms with Gasteiger partial charge in [0.25, 0.3) is 0 Å². The van der Waals surface area contributed by atoms with Gasteiger partial charge in [0.15, 0.2) is 0 Å². The molecule has 20 heavy (non-hydrogen) atoms. The van der Waals surface area contributed by atoms with Crippen LogP contribution in [0.1, 0.15) is 27.6 Å². The molecule has 0 aliphatic rings. The molecule has 0 bridgehead atoms. The van der Waals surface area contributed by atoms with E-state index < -0.39 is 11.2 Å². The van der Waals surface area contributed by atoms with Gasteiger partial charge < -0.3 is 4.74 Å². The van der Waals surface area contributed by atoms with Crippen molar-refractivity contribution in [3.63, 3.8) is 0 Å². The summed E-state index contributed by atoms with van der Waals surface area (Å²) in [6.07, 6.45) is 0. The highest BCUT2D eigenvalue weighted by Gasteiger charge is 2.18. The molecule has 2 aromatic rings. The molecule has 2 aromatic carbocycles. The van der Waals surface area contributed by atoms with Crippen molar-refractivity contribution in [2.45, 2.75) is 19.2 Å². The van der Waals surface area contributed by atoms with E-state index in [2.05, 4.69) is 0 Å². The van der Waals surface area contributed by atoms with Crippen molar-refractivity contribution in [2.24, 2.45) is 0 Å². The first kappa shape index (κ1) is 14.8. The number of rotatable bonds is 3. The highest BCUT2D eigenvalue weighted by molar-refractivity contribution is 6.22. The molecule has 0 aliphatic carbocycles. The molecule has 1 atom stereocenters. The number of ether oxygens (including phenoxy) is 1. The van der Waals surface area contributed by atoms with Crippen LogP contribution in [0.5, 0.6) is 5.75 Å². The Labute approximate surface area is 122 Å². The largest absolute Gasteiger partial charge is 0.497 e. The van der Waals surface area contributed by atoms with E-state index in [-0.39, 0.29) is 5.82 Å². The molecule has 1 unspecified atom stereocenters. The minimum Gasteiger partial charge on any atom is -0.497 e. The molecule has 0 heterocycles. The third-order valence-corrected chi connectivity index (χ3v) is 3.72. The van der Waals surface area contributed by atoms with Crippen LogP contribution in [0.3, 0.4) is 0 Å². The average molecular weight is 297 g/mol. The van der Waals surface area contributed by atoms with E-state index in [9.17, 15) is 8.78 Å². The fourth-order valence-corrected chi connectivity index (χ4v) is 2.45. The topological polar surface area (TPSA) is 9.23 Å². The lowest BCUT2D eigenvalue weighted by Crippen LogP contribution is -2.00. The SMILES string of the molecule is COc1ccc(C(Cl)c2cc(C)c(F)c(C)c2)c(F)c1. The van der Waals surface area contributed by atoms with Gasteiger partial charge in [-0.15, -0.1) is 11.6 Å². The van der Waals surface area contributed by atoms with Crippen LogP contribution in [0.25, 0.3) is 0 Å². The molecule has 0 N–H and O–H groups in total. The second-order valence-corrected chi connectivity index (χ2v) is 5.16. The van der Waals surface area contributed by atoms with Gasteiger partial charge in [-0.05, 0) is 36.6 Å². The Balaban J connectivity index is 2.43. The second-order valence-electron chi connectivity index (χ2n) is 4.72. The van der Waals surface area contributed by atoms with Crippen LogP contribution in [-0.4, -0.2) is 7.11 Å². The molecular weight excluding hydrogens is 282 g/mol. The summed E-state index contributed by atoms with van der Waals surface area (Å²) >= 11 is 6.33. The van der Waals surface area contributed by atoms with Crippen LogP contribution in [0.15, 0.2) is 30.3 Å². The lowest BCUT2D eigenvalue weighted by Gasteiger charge is -2.14. The van der Waals surface area contributed by atoms with Crippen molar-refractivity contribution >= 4 is 11.6 Å². The summed E-state index contributed by atoms with van der Waals surface area (Å²) in [5.41, 5.74) is 2.02. The molecule has 2 rings (SSSR count). The predicted molar refractivity (Wildman–Crippen MR) is 76.5 cm³/mol. The molecular formula is C16H15ClF2O. The van der Waals surface area contributed by atoms with Crippen molar-refractivity contribution in [2.75, 3.05) is 7.11 Å². The number of halogens is 3. The Morgan fingerprint density at radius 3 is 2.15 bits per heavy atom. The van der Waals surface area contributed by atoms with Gasteiger partial charge >= 0.3 is 0 Å². The highest BCUT2D eigenvalue weighted by Crippen LogP contribution is 2.33. The molecule has 0 saturated carbocycles. The van der Waals surface area contributed by atoms with E-state index in [0.29, 0.717) is 28.0 Å². The zero-order chi connectivity index (χ0) is 14.9. The van der Waals surface area contributed by atoms with Crippen LogP contribution >= 0.6 is 11.6 Å². The van der Waals surface area contributed by atoms with E-state index in [1.165, 1.54) is 13.2 Å². The van der Waals surface area contributed by atoms with Crippen LogP contribution in [0.2, 0.25) is 0 Å². The van der Waals surface area contributed by atoms with Gasteiger partial charge in [0, 0.05) is 11.6 Å². The second kappa shape index (κ2) is 5.80. The van der Waals surface area contributed by atoms with E-state index in [4.69, 9.17) is 16.3 Å². The smallest absolute Gasteiger partial charge is 0.131 e. The molecule has 0 fully saturated rings. The Hall–Kier alpha value is -1.61. The minimum absolute atomic E-state index is 0.257. The van der Waals surface area contributed by atoms with Gasteiger partial charge in [0.2, 0.25) is 0 Å². The number of benzene rings is 2. The molecule has 0 aliphatic heterocycles. The first-order valence-corrected chi connectivity index (χ1v) is 6.62. The zero-order valence-electron chi connectivity index (χ0n) is 11.5. The summed E-state index contributed by atoms with van der Waals surface area (Å²) in [5, 5.41) is -0.668. The minimum atomic E-state index is -0.668. The van der Waals surface area contributed by atoms with E-state index in [0.717, 1.165) is 0 Å². The molecule has 0 spiro atoms. The quantitative estimate of drug-likeness (QED) is 0.731. The third-order valence-electron chi connectivity index (χ3n) is 3.23. The number of hydrogen-bond acceptors (Lipinski definition) is 1. The molecule has 0 aromatic heterocycles. The van der Waals surface area contributed by atoms with Gasteiger partial charge in [-0.3, -0.25) is 0 Å². The number of alkyl halides is 1. The molecule has 0 saturated heterocycles. The maximum absolute atomic E-state index is 14.0. The molecule has 0 radical (unpaired) electrons. The maximum Gasteiger partial charge on any atom is 0.131 e. The monoisotopic (exact) mass is 296 g/mol. The van der Waals surface area contributed by atoms with Crippen molar-refractivity contribution in [3.8, 4) is 5.75 Å². The average Bonchev–Trinajstić information content (AvgIpc) is 2.43. The Morgan fingerprint density at radius 2 is 1.65 bits per heavy atom. The summed E-state index contributed by atoms with van der Waals surface area (Å²) in [5.74, 6) is -0.265. The van der Waals surface area contributed by atoms with Crippen molar-refractivity contribution in [1.29, 1.82) is 0 Å². The molecule has 106 valence electrons. The normalized spacial score (nSPS) is 12.3. The van der Waals surface area contributed by atoms with E-state index in [1.54, 1.807) is 38.1 Å². The Bertz CT molecular complexity index is 617. The lowest BCUT2D eigenvalue weighted by molar-refractivity contribution is 0.410. The summed E-state index contributed by atoms with van der Waals surface area (Å²) in [6.45, 7) is 3.33.